The Morgan fingerprint density at radius 3 is 2.77 bits per heavy atom. The molecule has 3 heterocycles. The summed E-state index contributed by atoms with van der Waals surface area (Å²) >= 11 is 0. The topological polar surface area (TPSA) is 103 Å². The van der Waals surface area contributed by atoms with Crippen LogP contribution in [-0.2, 0) is 16.1 Å². The van der Waals surface area contributed by atoms with E-state index in [1.54, 1.807) is 0 Å². The number of hydrogen-bond donors (Lipinski definition) is 1. The van der Waals surface area contributed by atoms with Gasteiger partial charge < -0.3 is 14.7 Å². The number of epoxide rings is 1. The van der Waals surface area contributed by atoms with E-state index in [4.69, 9.17) is 16.0 Å². The Morgan fingerprint density at radius 1 is 1.20 bits per heavy atom. The standard InChI is InChI=1S/C21H28N4O5/c1-2-3-7-12-29-22-15-14-10-11-23-20(27)24(13-8-5-4-6-9-13)21(28)25(23)16(14)17(26)19-18(15)30-19/h1,13-14,16-19,26H,3-12H2/b22-15-/t14-,16-,17+,18-,19+/m1/s1. The van der Waals surface area contributed by atoms with Gasteiger partial charge in [-0.3, -0.25) is 0 Å². The summed E-state index contributed by atoms with van der Waals surface area (Å²) < 4.78 is 10.1. The average Bonchev–Trinajstić information content (AvgIpc) is 3.52. The van der Waals surface area contributed by atoms with Crippen LogP contribution in [0.2, 0.25) is 0 Å². The van der Waals surface area contributed by atoms with Crippen LogP contribution in [0, 0.1) is 18.3 Å². The molecule has 30 heavy (non-hydrogen) atoms. The zero-order chi connectivity index (χ0) is 20.8. The summed E-state index contributed by atoms with van der Waals surface area (Å²) in [5, 5.41) is 15.2. The molecule has 9 heteroatoms. The first kappa shape index (κ1) is 19.6. The Labute approximate surface area is 174 Å². The zero-order valence-electron chi connectivity index (χ0n) is 17.0. The summed E-state index contributed by atoms with van der Waals surface area (Å²) in [5.41, 5.74) is 0.140. The first-order chi connectivity index (χ1) is 14.6. The summed E-state index contributed by atoms with van der Waals surface area (Å²) in [5.74, 6) is 2.37. The molecule has 2 saturated carbocycles. The Balaban J connectivity index is 1.48. The number of unbranched alkanes of at least 4 members (excludes halogenated alkanes) is 1. The molecular formula is C21H28N4O5. The van der Waals surface area contributed by atoms with Crippen LogP contribution in [0.15, 0.2) is 14.7 Å². The molecule has 2 aliphatic heterocycles. The van der Waals surface area contributed by atoms with E-state index in [-0.39, 0.29) is 29.4 Å². The van der Waals surface area contributed by atoms with Crippen LogP contribution >= 0.6 is 0 Å². The monoisotopic (exact) mass is 416 g/mol. The van der Waals surface area contributed by atoms with Gasteiger partial charge in [-0.25, -0.2) is 23.5 Å². The van der Waals surface area contributed by atoms with E-state index in [0.717, 1.165) is 37.8 Å². The van der Waals surface area contributed by atoms with E-state index < -0.39 is 18.2 Å². The summed E-state index contributed by atoms with van der Waals surface area (Å²) in [4.78, 5) is 31.9. The lowest BCUT2D eigenvalue weighted by Gasteiger charge is -2.38. The molecule has 4 aliphatic rings. The molecule has 5 rings (SSSR count). The van der Waals surface area contributed by atoms with Crippen molar-refractivity contribution in [3.8, 4) is 12.3 Å². The highest BCUT2D eigenvalue weighted by molar-refractivity contribution is 5.94. The predicted octanol–water partition coefficient (Wildman–Crippen LogP) is 0.806. The Hall–Kier alpha value is -2.31. The maximum Gasteiger partial charge on any atom is 0.347 e. The molecule has 1 aromatic rings. The van der Waals surface area contributed by atoms with Crippen molar-refractivity contribution in [3.05, 3.63) is 21.0 Å². The van der Waals surface area contributed by atoms with Gasteiger partial charge in [-0.2, -0.15) is 0 Å². The van der Waals surface area contributed by atoms with Crippen LogP contribution in [0.4, 0.5) is 0 Å². The van der Waals surface area contributed by atoms with Crippen molar-refractivity contribution in [1.82, 2.24) is 13.9 Å². The summed E-state index contributed by atoms with van der Waals surface area (Å²) in [6.07, 6.45) is 10.6. The second kappa shape index (κ2) is 7.75. The molecule has 5 atom stereocenters. The molecule has 0 aromatic carbocycles. The Bertz CT molecular complexity index is 993. The van der Waals surface area contributed by atoms with E-state index in [2.05, 4.69) is 11.1 Å². The molecule has 1 N–H and O–H groups in total. The number of aliphatic hydroxyl groups is 1. The van der Waals surface area contributed by atoms with Gasteiger partial charge in [0.05, 0.1) is 11.8 Å². The molecule has 2 aliphatic carbocycles. The van der Waals surface area contributed by atoms with Crippen LogP contribution < -0.4 is 11.4 Å². The second-order valence-corrected chi connectivity index (χ2v) is 8.75. The highest BCUT2D eigenvalue weighted by atomic mass is 16.6. The Kier molecular flexibility index (Phi) is 5.07. The quantitative estimate of drug-likeness (QED) is 0.331. The van der Waals surface area contributed by atoms with Gasteiger partial charge in [-0.1, -0.05) is 24.4 Å². The van der Waals surface area contributed by atoms with Crippen LogP contribution in [-0.4, -0.2) is 49.7 Å². The summed E-state index contributed by atoms with van der Waals surface area (Å²) in [7, 11) is 0. The van der Waals surface area contributed by atoms with E-state index in [1.165, 1.54) is 13.9 Å². The minimum Gasteiger partial charge on any atom is -0.396 e. The van der Waals surface area contributed by atoms with Gasteiger partial charge in [-0.15, -0.1) is 12.3 Å². The number of oxime groups is 1. The van der Waals surface area contributed by atoms with Crippen LogP contribution in [0.1, 0.15) is 63.5 Å². The molecule has 0 amide bonds. The van der Waals surface area contributed by atoms with E-state index in [9.17, 15) is 14.7 Å². The molecule has 162 valence electrons. The lowest BCUT2D eigenvalue weighted by Crippen LogP contribution is -2.53. The van der Waals surface area contributed by atoms with Gasteiger partial charge >= 0.3 is 11.4 Å². The molecule has 0 radical (unpaired) electrons. The molecule has 1 saturated heterocycles. The maximum absolute atomic E-state index is 13.4. The number of nitrogens with zero attached hydrogens (tertiary/aromatic N) is 4. The minimum atomic E-state index is -0.855. The van der Waals surface area contributed by atoms with Crippen LogP contribution in [0.25, 0.3) is 0 Å². The normalized spacial score (nSPS) is 34.0. The van der Waals surface area contributed by atoms with Crippen molar-refractivity contribution in [2.24, 2.45) is 11.1 Å². The highest BCUT2D eigenvalue weighted by Gasteiger charge is 2.61. The van der Waals surface area contributed by atoms with Gasteiger partial charge in [0.15, 0.2) is 0 Å². The number of rotatable bonds is 5. The van der Waals surface area contributed by atoms with Crippen molar-refractivity contribution < 1.29 is 14.7 Å². The largest absolute Gasteiger partial charge is 0.396 e. The minimum absolute atomic E-state index is 0.0546. The number of aliphatic hydroxyl groups excluding tert-OH is 1. The maximum atomic E-state index is 13.4. The predicted molar refractivity (Wildman–Crippen MR) is 108 cm³/mol. The molecule has 9 nitrogen and oxygen atoms in total. The van der Waals surface area contributed by atoms with Crippen molar-refractivity contribution in [2.45, 2.75) is 88.3 Å². The number of fused-ring (bicyclic) bond motifs is 4. The summed E-state index contributed by atoms with van der Waals surface area (Å²) in [6.45, 7) is 0.822. The average molecular weight is 416 g/mol. The third-order valence-electron chi connectivity index (χ3n) is 6.99. The van der Waals surface area contributed by atoms with E-state index in [1.807, 2.05) is 0 Å². The van der Waals surface area contributed by atoms with Gasteiger partial charge in [0.1, 0.15) is 24.9 Å². The fraction of sp³-hybridized carbons (Fsp3) is 0.762. The van der Waals surface area contributed by atoms with Crippen molar-refractivity contribution in [2.75, 3.05) is 6.61 Å². The summed E-state index contributed by atoms with van der Waals surface area (Å²) in [6, 6.07) is -0.623. The molecule has 1 aromatic heterocycles. The molecular weight excluding hydrogens is 388 g/mol. The van der Waals surface area contributed by atoms with Crippen molar-refractivity contribution in [3.63, 3.8) is 0 Å². The third-order valence-corrected chi connectivity index (χ3v) is 6.99. The molecule has 3 fully saturated rings. The molecule has 0 bridgehead atoms. The van der Waals surface area contributed by atoms with Crippen LogP contribution in [0.5, 0.6) is 0 Å². The number of hydrogen-bond acceptors (Lipinski definition) is 6. The number of ether oxygens (including phenoxy) is 1. The van der Waals surface area contributed by atoms with Crippen molar-refractivity contribution >= 4 is 5.71 Å². The van der Waals surface area contributed by atoms with E-state index in [0.29, 0.717) is 32.4 Å². The van der Waals surface area contributed by atoms with Gasteiger partial charge in [0.25, 0.3) is 0 Å². The number of aromatic nitrogens is 3. The van der Waals surface area contributed by atoms with Gasteiger partial charge in [0.2, 0.25) is 0 Å². The lowest BCUT2D eigenvalue weighted by atomic mass is 9.78. The fourth-order valence-corrected chi connectivity index (χ4v) is 5.47. The lowest BCUT2D eigenvalue weighted by molar-refractivity contribution is 0.0322. The first-order valence-corrected chi connectivity index (χ1v) is 11.0. The van der Waals surface area contributed by atoms with E-state index >= 15 is 0 Å². The van der Waals surface area contributed by atoms with Crippen molar-refractivity contribution in [1.29, 1.82) is 0 Å². The molecule has 0 unspecified atom stereocenters. The van der Waals surface area contributed by atoms with Gasteiger partial charge in [0, 0.05) is 24.9 Å². The van der Waals surface area contributed by atoms with Gasteiger partial charge in [-0.05, 0) is 25.7 Å². The third kappa shape index (κ3) is 3.05. The SMILES string of the molecule is C#CCCCO/N=C1/[C@H]2CCn3c(=O)n(C4CCCCC4)c(=O)n3[C@H]2[C@H](O)[C@@H]2O[C@H]12. The highest BCUT2D eigenvalue weighted by Crippen LogP contribution is 2.46. The molecule has 0 spiro atoms. The first-order valence-electron chi connectivity index (χ1n) is 11.0. The second-order valence-electron chi connectivity index (χ2n) is 8.75. The number of terminal acetylenes is 1. The smallest absolute Gasteiger partial charge is 0.347 e. The zero-order valence-corrected chi connectivity index (χ0v) is 17.0. The fourth-order valence-electron chi connectivity index (χ4n) is 5.47. The van der Waals surface area contributed by atoms with Crippen LogP contribution in [0.3, 0.4) is 0 Å². The Morgan fingerprint density at radius 2 is 2.00 bits per heavy atom.